The van der Waals surface area contributed by atoms with E-state index in [9.17, 15) is 14.7 Å². The molecule has 7 heteroatoms. The second-order valence-electron chi connectivity index (χ2n) is 11.5. The molecule has 1 heterocycles. The van der Waals surface area contributed by atoms with Crippen LogP contribution in [-0.4, -0.2) is 46.4 Å². The Morgan fingerprint density at radius 3 is 2.62 bits per heavy atom. The minimum Gasteiger partial charge on any atom is -0.446 e. The molecule has 2 aliphatic carbocycles. The number of amides is 2. The van der Waals surface area contributed by atoms with Crippen LogP contribution in [0.4, 0.5) is 4.79 Å². The molecule has 0 saturated heterocycles. The van der Waals surface area contributed by atoms with Crippen molar-refractivity contribution in [3.8, 4) is 0 Å². The fourth-order valence-electron chi connectivity index (χ4n) is 6.39. The summed E-state index contributed by atoms with van der Waals surface area (Å²) in [5.41, 5.74) is 1.42. The number of fused-ring (bicyclic) bond motifs is 3. The van der Waals surface area contributed by atoms with Gasteiger partial charge in [-0.05, 0) is 74.1 Å². The lowest BCUT2D eigenvalue weighted by Gasteiger charge is -2.40. The number of pyridine rings is 1. The van der Waals surface area contributed by atoms with Crippen molar-refractivity contribution in [3.63, 3.8) is 0 Å². The highest BCUT2D eigenvalue weighted by Gasteiger charge is 2.40. The SMILES string of the molecule is CC(Cc1ccnc2ccccc12)(NC(=O)OC1CCC2CCCC1C2)C(=O)NC(CO)Cc1ccccc1.[CH2]. The van der Waals surface area contributed by atoms with Crippen LogP contribution in [-0.2, 0) is 22.4 Å². The zero-order valence-corrected chi connectivity index (χ0v) is 23.4. The lowest BCUT2D eigenvalue weighted by atomic mass is 9.71. The lowest BCUT2D eigenvalue weighted by Crippen LogP contribution is -2.61. The highest BCUT2D eigenvalue weighted by molar-refractivity contribution is 5.91. The topological polar surface area (TPSA) is 101 Å². The van der Waals surface area contributed by atoms with Gasteiger partial charge in [-0.1, -0.05) is 68.8 Å². The van der Waals surface area contributed by atoms with Crippen molar-refractivity contribution in [2.45, 2.75) is 76.0 Å². The van der Waals surface area contributed by atoms with E-state index in [0.717, 1.165) is 53.6 Å². The number of aliphatic hydroxyl groups excluding tert-OH is 1. The molecule has 3 aromatic rings. The van der Waals surface area contributed by atoms with Crippen LogP contribution in [0.25, 0.3) is 10.9 Å². The molecule has 2 aromatic carbocycles. The Balaban J connectivity index is 0.00000370. The Kier molecular flexibility index (Phi) is 9.80. The van der Waals surface area contributed by atoms with Gasteiger partial charge >= 0.3 is 6.09 Å². The number of para-hydroxylation sites is 1. The minimum absolute atomic E-state index is 0. The number of nitrogens with zero attached hydrogens (tertiary/aromatic N) is 1. The van der Waals surface area contributed by atoms with Gasteiger partial charge in [0.25, 0.3) is 0 Å². The molecule has 2 saturated carbocycles. The molecule has 0 aliphatic heterocycles. The number of carbonyl (C=O) groups excluding carboxylic acids is 2. The number of ether oxygens (including phenoxy) is 1. The highest BCUT2D eigenvalue weighted by Crippen LogP contribution is 2.41. The van der Waals surface area contributed by atoms with Gasteiger partial charge in [0.15, 0.2) is 0 Å². The molecule has 7 nitrogen and oxygen atoms in total. The van der Waals surface area contributed by atoms with Gasteiger partial charge in [0.1, 0.15) is 11.6 Å². The summed E-state index contributed by atoms with van der Waals surface area (Å²) in [5, 5.41) is 16.9. The maximum absolute atomic E-state index is 13.9. The van der Waals surface area contributed by atoms with Crippen molar-refractivity contribution >= 4 is 22.9 Å². The molecule has 2 amide bonds. The third-order valence-corrected chi connectivity index (χ3v) is 8.51. The molecule has 3 N–H and O–H groups in total. The second-order valence-corrected chi connectivity index (χ2v) is 11.5. The van der Waals surface area contributed by atoms with Gasteiger partial charge < -0.3 is 20.5 Å². The summed E-state index contributed by atoms with van der Waals surface area (Å²) in [6.07, 6.45) is 8.42. The van der Waals surface area contributed by atoms with Crippen molar-refractivity contribution in [1.82, 2.24) is 15.6 Å². The summed E-state index contributed by atoms with van der Waals surface area (Å²) >= 11 is 0. The number of benzene rings is 2. The van der Waals surface area contributed by atoms with Gasteiger partial charge in [-0.25, -0.2) is 4.79 Å². The molecule has 2 radical (unpaired) electrons. The maximum atomic E-state index is 13.9. The predicted molar refractivity (Wildman–Crippen MR) is 156 cm³/mol. The first-order valence-corrected chi connectivity index (χ1v) is 14.2. The average Bonchev–Trinajstić information content (AvgIpc) is 2.95. The van der Waals surface area contributed by atoms with Crippen LogP contribution < -0.4 is 10.6 Å². The van der Waals surface area contributed by atoms with E-state index in [-0.39, 0.29) is 32.5 Å². The van der Waals surface area contributed by atoms with Crippen LogP contribution in [0.5, 0.6) is 0 Å². The fraction of sp³-hybridized carbons (Fsp3) is 0.455. The number of nitrogens with one attached hydrogen (secondary N) is 2. The van der Waals surface area contributed by atoms with E-state index >= 15 is 0 Å². The molecule has 5 unspecified atom stereocenters. The van der Waals surface area contributed by atoms with Gasteiger partial charge in [0.2, 0.25) is 5.91 Å². The van der Waals surface area contributed by atoms with E-state index in [4.69, 9.17) is 4.74 Å². The summed E-state index contributed by atoms with van der Waals surface area (Å²) in [5.74, 6) is 0.788. The molecule has 40 heavy (non-hydrogen) atoms. The van der Waals surface area contributed by atoms with Gasteiger partial charge in [-0.2, -0.15) is 0 Å². The van der Waals surface area contributed by atoms with Crippen LogP contribution in [0.1, 0.15) is 56.6 Å². The Bertz CT molecular complexity index is 1280. The van der Waals surface area contributed by atoms with E-state index < -0.39 is 17.7 Å². The summed E-state index contributed by atoms with van der Waals surface area (Å²) in [7, 11) is 0. The van der Waals surface area contributed by atoms with E-state index in [1.165, 1.54) is 12.8 Å². The molecule has 1 aromatic heterocycles. The number of rotatable bonds is 9. The Morgan fingerprint density at radius 1 is 1.05 bits per heavy atom. The van der Waals surface area contributed by atoms with Gasteiger partial charge in [0.05, 0.1) is 18.2 Å². The normalized spacial score (nSPS) is 22.3. The highest BCUT2D eigenvalue weighted by atomic mass is 16.6. The maximum Gasteiger partial charge on any atom is 0.408 e. The predicted octanol–water partition coefficient (Wildman–Crippen LogP) is 5.28. The smallest absolute Gasteiger partial charge is 0.408 e. The van der Waals surface area contributed by atoms with Crippen LogP contribution in [0.2, 0.25) is 0 Å². The van der Waals surface area contributed by atoms with Gasteiger partial charge in [-0.15, -0.1) is 0 Å². The summed E-state index contributed by atoms with van der Waals surface area (Å²) in [4.78, 5) is 31.6. The molecule has 2 aliphatic rings. The van der Waals surface area contributed by atoms with E-state index in [1.807, 2.05) is 60.7 Å². The van der Waals surface area contributed by atoms with Crippen molar-refractivity contribution in [3.05, 3.63) is 85.4 Å². The average molecular weight is 544 g/mol. The summed E-state index contributed by atoms with van der Waals surface area (Å²) in [6, 6.07) is 18.9. The number of aromatic nitrogens is 1. The van der Waals surface area contributed by atoms with Crippen LogP contribution >= 0.6 is 0 Å². The first-order valence-electron chi connectivity index (χ1n) is 14.2. The monoisotopic (exact) mass is 543 g/mol. The standard InChI is InChI=1S/C32H39N3O4.CH2/c1-32(20-25-16-17-33-28-13-6-5-12-27(25)28,30(37)34-26(21-36)19-22-8-3-2-4-9-22)35-31(38)39-29-15-14-23-10-7-11-24(29)18-23;/h2-6,8-9,12-13,16-17,23-24,26,29,36H,7,10-11,14-15,18-21H2,1H3,(H,34,37)(H,35,38);1H2. The van der Waals surface area contributed by atoms with Gasteiger partial charge in [0, 0.05) is 18.0 Å². The number of hydrogen-bond acceptors (Lipinski definition) is 5. The lowest BCUT2D eigenvalue weighted by molar-refractivity contribution is -0.128. The van der Waals surface area contributed by atoms with Crippen LogP contribution in [0.15, 0.2) is 66.9 Å². The number of aliphatic hydroxyl groups is 1. The van der Waals surface area contributed by atoms with Gasteiger partial charge in [-0.3, -0.25) is 9.78 Å². The molecular weight excluding hydrogens is 502 g/mol. The largest absolute Gasteiger partial charge is 0.446 e. The third-order valence-electron chi connectivity index (χ3n) is 8.51. The fourth-order valence-corrected chi connectivity index (χ4v) is 6.39. The second kappa shape index (κ2) is 13.3. The molecule has 0 spiro atoms. The molecule has 5 rings (SSSR count). The first kappa shape index (κ1) is 29.5. The minimum atomic E-state index is -1.31. The zero-order chi connectivity index (χ0) is 27.2. The third kappa shape index (κ3) is 7.00. The van der Waals surface area contributed by atoms with E-state index in [2.05, 4.69) is 15.6 Å². The van der Waals surface area contributed by atoms with Crippen molar-refractivity contribution in [2.24, 2.45) is 11.8 Å². The van der Waals surface area contributed by atoms with E-state index in [1.54, 1.807) is 13.1 Å². The number of carbonyl (C=O) groups is 2. The quantitative estimate of drug-likeness (QED) is 0.341. The molecule has 212 valence electrons. The molecule has 2 bridgehead atoms. The van der Waals surface area contributed by atoms with Crippen LogP contribution in [0, 0.1) is 19.3 Å². The molecular formula is C33H41N3O4. The number of alkyl carbamates (subject to hydrolysis) is 1. The van der Waals surface area contributed by atoms with Crippen molar-refractivity contribution < 1.29 is 19.4 Å². The summed E-state index contributed by atoms with van der Waals surface area (Å²) in [6.45, 7) is 1.51. The van der Waals surface area contributed by atoms with E-state index in [0.29, 0.717) is 12.3 Å². The van der Waals surface area contributed by atoms with Crippen molar-refractivity contribution in [2.75, 3.05) is 6.61 Å². The zero-order valence-electron chi connectivity index (χ0n) is 23.4. The Morgan fingerprint density at radius 2 is 1.82 bits per heavy atom. The van der Waals surface area contributed by atoms with Crippen LogP contribution in [0.3, 0.4) is 0 Å². The Labute approximate surface area is 237 Å². The first-order chi connectivity index (χ1) is 18.9. The summed E-state index contributed by atoms with van der Waals surface area (Å²) < 4.78 is 5.98. The molecule has 5 atom stereocenters. The number of hydrogen-bond donors (Lipinski definition) is 3. The molecule has 2 fully saturated rings. The van der Waals surface area contributed by atoms with Crippen molar-refractivity contribution in [1.29, 1.82) is 0 Å². The Hall–Kier alpha value is -3.45.